The summed E-state index contributed by atoms with van der Waals surface area (Å²) in [6.07, 6.45) is 0. The van der Waals surface area contributed by atoms with Crippen LogP contribution in [0.1, 0.15) is 0 Å². The maximum atomic E-state index is 13.3. The molecule has 0 saturated carbocycles. The summed E-state index contributed by atoms with van der Waals surface area (Å²) in [6.45, 7) is 1.01. The van der Waals surface area contributed by atoms with Crippen LogP contribution >= 0.6 is 12.4 Å². The molecule has 0 unspecified atom stereocenters. The second kappa shape index (κ2) is 11.3. The van der Waals surface area contributed by atoms with Gasteiger partial charge in [-0.05, 0) is 60.7 Å². The first kappa shape index (κ1) is 24.0. The lowest BCUT2D eigenvalue weighted by Crippen LogP contribution is -2.05. The average Bonchev–Trinajstić information content (AvgIpc) is 2.81. The number of nitrogens with zero attached hydrogens (tertiary/aromatic N) is 2. The molecule has 0 amide bonds. The van der Waals surface area contributed by atoms with E-state index in [4.69, 9.17) is 14.2 Å². The smallest absolute Gasteiger partial charge is 0.229 e. The number of hydrogen-bond donors (Lipinski definition) is 2. The first-order valence-electron chi connectivity index (χ1n) is 10.0. The summed E-state index contributed by atoms with van der Waals surface area (Å²) >= 11 is 0. The van der Waals surface area contributed by atoms with Crippen LogP contribution in [-0.4, -0.2) is 37.4 Å². The number of hydrogen-bond acceptors (Lipinski definition) is 7. The summed E-state index contributed by atoms with van der Waals surface area (Å²) in [6, 6.07) is 19.2. The minimum atomic E-state index is -0.304. The Morgan fingerprint density at radius 2 is 1.52 bits per heavy atom. The number of aromatic nitrogens is 2. The number of rotatable bonds is 9. The maximum absolute atomic E-state index is 13.3. The molecule has 2 N–H and O–H groups in total. The van der Waals surface area contributed by atoms with E-state index in [1.54, 1.807) is 26.4 Å². The number of para-hydroxylation sites is 1. The predicted molar refractivity (Wildman–Crippen MR) is 130 cm³/mol. The molecule has 0 bridgehead atoms. The van der Waals surface area contributed by atoms with Crippen LogP contribution < -0.4 is 20.1 Å². The molecule has 0 aliphatic rings. The lowest BCUT2D eigenvalue weighted by molar-refractivity contribution is 0.146. The fourth-order valence-electron chi connectivity index (χ4n) is 3.12. The first-order chi connectivity index (χ1) is 15.7. The quantitative estimate of drug-likeness (QED) is 0.303. The number of anilines is 4. The Balaban J connectivity index is 0.00000306. The largest absolute Gasteiger partial charge is 0.494 e. The lowest BCUT2D eigenvalue weighted by atomic mass is 10.2. The molecule has 4 aromatic rings. The topological polar surface area (TPSA) is 77.5 Å². The highest BCUT2D eigenvalue weighted by atomic mass is 35.5. The molecule has 33 heavy (non-hydrogen) atoms. The second-order valence-corrected chi connectivity index (χ2v) is 6.87. The van der Waals surface area contributed by atoms with Gasteiger partial charge in [0.15, 0.2) is 0 Å². The zero-order valence-electron chi connectivity index (χ0n) is 18.2. The number of halogens is 2. The van der Waals surface area contributed by atoms with Crippen LogP contribution in [-0.2, 0) is 4.74 Å². The van der Waals surface area contributed by atoms with Crippen molar-refractivity contribution < 1.29 is 18.6 Å². The van der Waals surface area contributed by atoms with E-state index < -0.39 is 0 Å². The monoisotopic (exact) mass is 470 g/mol. The van der Waals surface area contributed by atoms with Gasteiger partial charge in [0.2, 0.25) is 5.95 Å². The Bertz CT molecular complexity index is 1190. The van der Waals surface area contributed by atoms with Gasteiger partial charge in [-0.25, -0.2) is 9.37 Å². The molecule has 0 fully saturated rings. The van der Waals surface area contributed by atoms with Crippen molar-refractivity contribution in [1.29, 1.82) is 0 Å². The molecule has 1 heterocycles. The van der Waals surface area contributed by atoms with Crippen LogP contribution in [0.4, 0.5) is 27.5 Å². The third kappa shape index (κ3) is 6.00. The summed E-state index contributed by atoms with van der Waals surface area (Å²) in [4.78, 5) is 9.29. The van der Waals surface area contributed by atoms with Gasteiger partial charge >= 0.3 is 0 Å². The van der Waals surface area contributed by atoms with E-state index in [1.165, 1.54) is 12.1 Å². The Morgan fingerprint density at radius 3 is 2.21 bits per heavy atom. The van der Waals surface area contributed by atoms with Crippen molar-refractivity contribution in [1.82, 2.24) is 9.97 Å². The summed E-state index contributed by atoms with van der Waals surface area (Å²) in [5, 5.41) is 7.24. The first-order valence-corrected chi connectivity index (χ1v) is 10.0. The van der Waals surface area contributed by atoms with Crippen LogP contribution in [0, 0.1) is 5.82 Å². The van der Waals surface area contributed by atoms with Crippen molar-refractivity contribution in [2.45, 2.75) is 0 Å². The van der Waals surface area contributed by atoms with E-state index in [9.17, 15) is 4.39 Å². The number of nitrogens with one attached hydrogen (secondary N) is 2. The minimum absolute atomic E-state index is 0. The van der Waals surface area contributed by atoms with Crippen molar-refractivity contribution in [3.63, 3.8) is 0 Å². The van der Waals surface area contributed by atoms with Crippen LogP contribution in [0.3, 0.4) is 0 Å². The summed E-state index contributed by atoms with van der Waals surface area (Å²) in [5.74, 6) is 2.02. The van der Waals surface area contributed by atoms with Gasteiger partial charge in [0, 0.05) is 23.9 Å². The van der Waals surface area contributed by atoms with Crippen LogP contribution in [0.25, 0.3) is 10.9 Å². The molecule has 9 heteroatoms. The van der Waals surface area contributed by atoms with Gasteiger partial charge in [0.25, 0.3) is 0 Å². The SMILES string of the molecule is COCCOc1ccc(Nc2nc(Nc3ccc(F)cc3)c3cccc(OC)c3n2)cc1.Cl. The molecule has 1 aromatic heterocycles. The van der Waals surface area contributed by atoms with Crippen molar-refractivity contribution in [3.05, 3.63) is 72.5 Å². The van der Waals surface area contributed by atoms with E-state index in [0.717, 1.165) is 16.8 Å². The van der Waals surface area contributed by atoms with E-state index in [1.807, 2.05) is 42.5 Å². The Labute approximate surface area is 197 Å². The molecule has 0 aliphatic carbocycles. The van der Waals surface area contributed by atoms with Gasteiger partial charge in [-0.15, -0.1) is 12.4 Å². The molecule has 0 atom stereocenters. The van der Waals surface area contributed by atoms with Crippen LogP contribution in [0.15, 0.2) is 66.7 Å². The molecule has 0 spiro atoms. The second-order valence-electron chi connectivity index (χ2n) is 6.87. The minimum Gasteiger partial charge on any atom is -0.494 e. The molecular formula is C24H24ClFN4O3. The third-order valence-electron chi connectivity index (χ3n) is 4.68. The molecule has 0 radical (unpaired) electrons. The zero-order valence-corrected chi connectivity index (χ0v) is 19.0. The van der Waals surface area contributed by atoms with Gasteiger partial charge in [-0.1, -0.05) is 6.07 Å². The van der Waals surface area contributed by atoms with Gasteiger partial charge in [-0.3, -0.25) is 0 Å². The van der Waals surface area contributed by atoms with Crippen molar-refractivity contribution in [3.8, 4) is 11.5 Å². The van der Waals surface area contributed by atoms with Crippen molar-refractivity contribution in [2.75, 3.05) is 38.1 Å². The molecule has 3 aromatic carbocycles. The average molecular weight is 471 g/mol. The van der Waals surface area contributed by atoms with Gasteiger partial charge < -0.3 is 24.8 Å². The van der Waals surface area contributed by atoms with Crippen LogP contribution in [0.2, 0.25) is 0 Å². The molecule has 0 aliphatic heterocycles. The van der Waals surface area contributed by atoms with Gasteiger partial charge in [0.1, 0.15) is 35.3 Å². The van der Waals surface area contributed by atoms with E-state index in [2.05, 4.69) is 20.6 Å². The summed E-state index contributed by atoms with van der Waals surface area (Å²) < 4.78 is 29.4. The highest BCUT2D eigenvalue weighted by Crippen LogP contribution is 2.32. The Kier molecular flexibility index (Phi) is 8.23. The van der Waals surface area contributed by atoms with E-state index in [0.29, 0.717) is 41.9 Å². The number of fused-ring (bicyclic) bond motifs is 1. The molecule has 172 valence electrons. The van der Waals surface area contributed by atoms with Crippen LogP contribution in [0.5, 0.6) is 11.5 Å². The Morgan fingerprint density at radius 1 is 0.818 bits per heavy atom. The normalized spacial score (nSPS) is 10.4. The number of benzene rings is 3. The Hall–Kier alpha value is -3.62. The predicted octanol–water partition coefficient (Wildman–Crippen LogP) is 5.71. The summed E-state index contributed by atoms with van der Waals surface area (Å²) in [5.41, 5.74) is 2.15. The molecular weight excluding hydrogens is 447 g/mol. The molecule has 0 saturated heterocycles. The summed E-state index contributed by atoms with van der Waals surface area (Å²) in [7, 11) is 3.23. The molecule has 4 rings (SSSR count). The van der Waals surface area contributed by atoms with Crippen molar-refractivity contribution >= 4 is 46.5 Å². The lowest BCUT2D eigenvalue weighted by Gasteiger charge is -2.14. The van der Waals surface area contributed by atoms with E-state index >= 15 is 0 Å². The number of ether oxygens (including phenoxy) is 3. The number of methoxy groups -OCH3 is 2. The maximum Gasteiger partial charge on any atom is 0.229 e. The van der Waals surface area contributed by atoms with Gasteiger partial charge in [0.05, 0.1) is 13.7 Å². The zero-order chi connectivity index (χ0) is 22.3. The molecule has 7 nitrogen and oxygen atoms in total. The fraction of sp³-hybridized carbons (Fsp3) is 0.167. The fourth-order valence-corrected chi connectivity index (χ4v) is 3.12. The standard InChI is InChI=1S/C24H23FN4O3.ClH/c1-30-14-15-32-19-12-10-18(11-13-19)27-24-28-22-20(4-3-5-21(22)31-2)23(29-24)26-17-8-6-16(25)7-9-17;/h3-13H,14-15H2,1-2H3,(H2,26,27,28,29);1H. The highest BCUT2D eigenvalue weighted by Gasteiger charge is 2.12. The van der Waals surface area contributed by atoms with Gasteiger partial charge in [-0.2, -0.15) is 4.98 Å². The van der Waals surface area contributed by atoms with Crippen molar-refractivity contribution in [2.24, 2.45) is 0 Å². The van der Waals surface area contributed by atoms with E-state index in [-0.39, 0.29) is 18.2 Å². The highest BCUT2D eigenvalue weighted by molar-refractivity contribution is 5.95. The third-order valence-corrected chi connectivity index (χ3v) is 4.68.